The first-order valence-electron chi connectivity index (χ1n) is 8.67. The Morgan fingerprint density at radius 2 is 1.85 bits per heavy atom. The van der Waals surface area contributed by atoms with Crippen molar-refractivity contribution < 1.29 is 9.59 Å². The van der Waals surface area contributed by atoms with E-state index in [0.717, 1.165) is 16.6 Å². The van der Waals surface area contributed by atoms with Crippen LogP contribution in [0.25, 0.3) is 11.0 Å². The van der Waals surface area contributed by atoms with Crippen molar-refractivity contribution in [1.82, 2.24) is 25.6 Å². The van der Waals surface area contributed by atoms with E-state index >= 15 is 0 Å². The van der Waals surface area contributed by atoms with Crippen molar-refractivity contribution >= 4 is 28.5 Å². The van der Waals surface area contributed by atoms with E-state index in [9.17, 15) is 9.59 Å². The second-order valence-corrected chi connectivity index (χ2v) is 6.54. The van der Waals surface area contributed by atoms with E-state index in [2.05, 4.69) is 26.3 Å². The number of nitrogens with zero attached hydrogens (tertiary/aromatic N) is 3. The van der Waals surface area contributed by atoms with Gasteiger partial charge >= 0.3 is 0 Å². The highest BCUT2D eigenvalue weighted by atomic mass is 16.2. The number of anilines is 1. The predicted octanol–water partition coefficient (Wildman–Crippen LogP) is 2.19. The molecular formula is C19H22N6O2. The molecule has 0 radical (unpaired) electrons. The minimum absolute atomic E-state index is 0.0434. The summed E-state index contributed by atoms with van der Waals surface area (Å²) in [6.45, 7) is 6.05. The molecule has 0 saturated carbocycles. The van der Waals surface area contributed by atoms with Crippen molar-refractivity contribution in [2.24, 2.45) is 0 Å². The Kier molecular flexibility index (Phi) is 5.35. The molecule has 0 spiro atoms. The molecule has 3 aromatic rings. The van der Waals surface area contributed by atoms with Crippen molar-refractivity contribution in [2.75, 3.05) is 11.9 Å². The van der Waals surface area contributed by atoms with E-state index in [4.69, 9.17) is 0 Å². The third-order valence-corrected chi connectivity index (χ3v) is 4.00. The van der Waals surface area contributed by atoms with Crippen LogP contribution in [-0.2, 0) is 4.79 Å². The summed E-state index contributed by atoms with van der Waals surface area (Å²) in [6, 6.07) is 9.55. The van der Waals surface area contributed by atoms with Crippen LogP contribution in [0.3, 0.4) is 0 Å². The maximum atomic E-state index is 12.2. The molecule has 140 valence electrons. The summed E-state index contributed by atoms with van der Waals surface area (Å²) in [5.41, 5.74) is 7.81. The van der Waals surface area contributed by atoms with Crippen LogP contribution in [0.1, 0.15) is 35.8 Å². The zero-order chi connectivity index (χ0) is 19.4. The molecule has 0 bridgehead atoms. The Morgan fingerprint density at radius 1 is 1.11 bits per heavy atom. The average molecular weight is 366 g/mol. The summed E-state index contributed by atoms with van der Waals surface area (Å²) in [5, 5.41) is 8.03. The smallest absolute Gasteiger partial charge is 0.271 e. The number of fused-ring (bicyclic) bond motifs is 1. The SMILES string of the molecule is Cc1ccc(NCC(=O)NNC(=O)c2cnc3c(cnn3C(C)C)c2)cc1. The maximum absolute atomic E-state index is 12.2. The molecule has 2 heterocycles. The van der Waals surface area contributed by atoms with Gasteiger partial charge in [0, 0.05) is 23.3 Å². The molecule has 2 aromatic heterocycles. The highest BCUT2D eigenvalue weighted by molar-refractivity contribution is 5.97. The van der Waals surface area contributed by atoms with E-state index < -0.39 is 5.91 Å². The third kappa shape index (κ3) is 4.41. The molecule has 0 aliphatic carbocycles. The van der Waals surface area contributed by atoms with E-state index in [1.165, 1.54) is 6.20 Å². The monoisotopic (exact) mass is 366 g/mol. The fourth-order valence-electron chi connectivity index (χ4n) is 2.54. The molecule has 2 amide bonds. The van der Waals surface area contributed by atoms with Gasteiger partial charge in [0.05, 0.1) is 18.3 Å². The molecule has 3 N–H and O–H groups in total. The van der Waals surface area contributed by atoms with Gasteiger partial charge in [-0.15, -0.1) is 0 Å². The van der Waals surface area contributed by atoms with Crippen molar-refractivity contribution in [1.29, 1.82) is 0 Å². The van der Waals surface area contributed by atoms with Crippen LogP contribution in [0, 0.1) is 6.92 Å². The van der Waals surface area contributed by atoms with Gasteiger partial charge in [0.15, 0.2) is 5.65 Å². The molecule has 1 aromatic carbocycles. The summed E-state index contributed by atoms with van der Waals surface area (Å²) in [4.78, 5) is 28.4. The fraction of sp³-hybridized carbons (Fsp3) is 0.263. The number of rotatable bonds is 5. The summed E-state index contributed by atoms with van der Waals surface area (Å²) in [5.74, 6) is -0.795. The first-order chi connectivity index (χ1) is 12.9. The van der Waals surface area contributed by atoms with Gasteiger partial charge in [0.25, 0.3) is 11.8 Å². The topological polar surface area (TPSA) is 101 Å². The van der Waals surface area contributed by atoms with E-state index in [1.54, 1.807) is 16.9 Å². The van der Waals surface area contributed by atoms with Crippen molar-refractivity contribution in [3.05, 3.63) is 53.9 Å². The first-order valence-corrected chi connectivity index (χ1v) is 8.67. The van der Waals surface area contributed by atoms with Crippen LogP contribution in [0.5, 0.6) is 0 Å². The Morgan fingerprint density at radius 3 is 2.56 bits per heavy atom. The Balaban J connectivity index is 1.54. The quantitative estimate of drug-likeness (QED) is 0.601. The lowest BCUT2D eigenvalue weighted by molar-refractivity contribution is -0.120. The molecule has 0 unspecified atom stereocenters. The normalized spacial score (nSPS) is 10.8. The van der Waals surface area contributed by atoms with Crippen LogP contribution in [-0.4, -0.2) is 33.1 Å². The lowest BCUT2D eigenvalue weighted by Crippen LogP contribution is -2.44. The van der Waals surface area contributed by atoms with Gasteiger partial charge in [0.2, 0.25) is 0 Å². The van der Waals surface area contributed by atoms with Crippen LogP contribution in [0.2, 0.25) is 0 Å². The van der Waals surface area contributed by atoms with Crippen LogP contribution in [0.15, 0.2) is 42.7 Å². The number of hydrazine groups is 1. The van der Waals surface area contributed by atoms with Crippen molar-refractivity contribution in [2.45, 2.75) is 26.8 Å². The molecule has 8 nitrogen and oxygen atoms in total. The van der Waals surface area contributed by atoms with Gasteiger partial charge in [-0.1, -0.05) is 17.7 Å². The highest BCUT2D eigenvalue weighted by Crippen LogP contribution is 2.16. The zero-order valence-electron chi connectivity index (χ0n) is 15.5. The maximum Gasteiger partial charge on any atom is 0.271 e. The van der Waals surface area contributed by atoms with Gasteiger partial charge < -0.3 is 5.32 Å². The number of aromatic nitrogens is 3. The summed E-state index contributed by atoms with van der Waals surface area (Å²) in [6.07, 6.45) is 3.14. The predicted molar refractivity (Wildman–Crippen MR) is 103 cm³/mol. The largest absolute Gasteiger partial charge is 0.376 e. The fourth-order valence-corrected chi connectivity index (χ4v) is 2.54. The Bertz CT molecular complexity index is 962. The standard InChI is InChI=1S/C19H22N6O2/c1-12(2)25-18-14(10-22-25)8-15(9-21-18)19(27)24-23-17(26)11-20-16-6-4-13(3)5-7-16/h4-10,12,20H,11H2,1-3H3,(H,23,26)(H,24,27). The van der Waals surface area contributed by atoms with Crippen molar-refractivity contribution in [3.63, 3.8) is 0 Å². The molecule has 3 rings (SSSR count). The Labute approximate surface area is 156 Å². The van der Waals surface area contributed by atoms with Gasteiger partial charge in [-0.2, -0.15) is 5.10 Å². The van der Waals surface area contributed by atoms with Gasteiger partial charge in [-0.25, -0.2) is 9.67 Å². The van der Waals surface area contributed by atoms with Gasteiger partial charge in [-0.05, 0) is 39.0 Å². The first kappa shape index (κ1) is 18.4. The molecule has 0 aliphatic heterocycles. The molecule has 0 saturated heterocycles. The highest BCUT2D eigenvalue weighted by Gasteiger charge is 2.12. The lowest BCUT2D eigenvalue weighted by atomic mass is 10.2. The second kappa shape index (κ2) is 7.86. The molecule has 0 fully saturated rings. The third-order valence-electron chi connectivity index (χ3n) is 4.00. The second-order valence-electron chi connectivity index (χ2n) is 6.54. The lowest BCUT2D eigenvalue weighted by Gasteiger charge is -2.10. The summed E-state index contributed by atoms with van der Waals surface area (Å²) >= 11 is 0. The summed E-state index contributed by atoms with van der Waals surface area (Å²) < 4.78 is 1.79. The van der Waals surface area contributed by atoms with Crippen LogP contribution < -0.4 is 16.2 Å². The van der Waals surface area contributed by atoms with Crippen molar-refractivity contribution in [3.8, 4) is 0 Å². The number of pyridine rings is 1. The van der Waals surface area contributed by atoms with E-state index in [-0.39, 0.29) is 18.5 Å². The number of hydrogen-bond donors (Lipinski definition) is 3. The number of benzene rings is 1. The number of aryl methyl sites for hydroxylation is 1. The van der Waals surface area contributed by atoms with Gasteiger partial charge in [0.1, 0.15) is 0 Å². The Hall–Kier alpha value is -3.42. The minimum Gasteiger partial charge on any atom is -0.376 e. The number of carbonyl (C=O) groups excluding carboxylic acids is 2. The van der Waals surface area contributed by atoms with Gasteiger partial charge in [-0.3, -0.25) is 20.4 Å². The molecule has 0 aliphatic rings. The van der Waals surface area contributed by atoms with Crippen LogP contribution >= 0.6 is 0 Å². The molecular weight excluding hydrogens is 344 g/mol. The number of hydrogen-bond acceptors (Lipinski definition) is 5. The number of nitrogens with one attached hydrogen (secondary N) is 3. The number of carbonyl (C=O) groups is 2. The van der Waals surface area contributed by atoms with Crippen LogP contribution in [0.4, 0.5) is 5.69 Å². The molecule has 27 heavy (non-hydrogen) atoms. The molecule has 8 heteroatoms. The zero-order valence-corrected chi connectivity index (χ0v) is 15.5. The summed E-state index contributed by atoms with van der Waals surface area (Å²) in [7, 11) is 0. The molecule has 0 atom stereocenters. The van der Waals surface area contributed by atoms with E-state index in [0.29, 0.717) is 11.2 Å². The number of amides is 2. The van der Waals surface area contributed by atoms with E-state index in [1.807, 2.05) is 45.0 Å². The minimum atomic E-state index is -0.439. The average Bonchev–Trinajstić information content (AvgIpc) is 3.09.